The molecule has 1 aliphatic heterocycles. The van der Waals surface area contributed by atoms with E-state index in [-0.39, 0.29) is 6.61 Å². The predicted molar refractivity (Wildman–Crippen MR) is 106 cm³/mol. The number of amides is 1. The van der Waals surface area contributed by atoms with Crippen molar-refractivity contribution >= 4 is 28.2 Å². The zero-order valence-corrected chi connectivity index (χ0v) is 16.7. The number of carbonyl (C=O) groups is 2. The van der Waals surface area contributed by atoms with Crippen LogP contribution in [0.15, 0.2) is 24.3 Å². The summed E-state index contributed by atoms with van der Waals surface area (Å²) in [5, 5.41) is 12.7. The highest BCUT2D eigenvalue weighted by molar-refractivity contribution is 7.16. The summed E-state index contributed by atoms with van der Waals surface area (Å²) in [5.41, 5.74) is 1.56. The number of hydrogen-bond donors (Lipinski definition) is 1. The molecule has 0 saturated heterocycles. The fraction of sp³-hybridized carbons (Fsp3) is 0.381. The van der Waals surface area contributed by atoms with Crippen LogP contribution in [-0.2, 0) is 27.2 Å². The minimum absolute atomic E-state index is 0.0197. The van der Waals surface area contributed by atoms with Gasteiger partial charge in [-0.2, -0.15) is 5.26 Å². The highest BCUT2D eigenvalue weighted by atomic mass is 32.1. The maximum atomic E-state index is 12.3. The van der Waals surface area contributed by atoms with E-state index in [2.05, 4.69) is 18.3 Å². The molecule has 4 rings (SSSR count). The molecule has 2 aliphatic rings. The summed E-state index contributed by atoms with van der Waals surface area (Å²) in [5.74, 6) is 0.435. The van der Waals surface area contributed by atoms with E-state index in [1.54, 1.807) is 18.2 Å². The molecule has 0 bridgehead atoms. The zero-order valence-electron chi connectivity index (χ0n) is 15.9. The molecular weight excluding hydrogens is 392 g/mol. The Morgan fingerprint density at radius 1 is 1.34 bits per heavy atom. The van der Waals surface area contributed by atoms with E-state index in [0.29, 0.717) is 28.0 Å². The van der Waals surface area contributed by atoms with Crippen LogP contribution in [0, 0.1) is 17.2 Å². The molecule has 1 aliphatic carbocycles. The highest BCUT2D eigenvalue weighted by Gasteiger charge is 2.29. The molecule has 2 atom stereocenters. The number of carbonyl (C=O) groups excluding carboxylic acids is 2. The number of para-hydroxylation sites is 2. The van der Waals surface area contributed by atoms with Crippen LogP contribution in [0.25, 0.3) is 0 Å². The molecule has 0 saturated carbocycles. The summed E-state index contributed by atoms with van der Waals surface area (Å²) >= 11 is 1.43. The molecule has 2 aromatic rings. The first-order valence-corrected chi connectivity index (χ1v) is 10.3. The maximum Gasteiger partial charge on any atom is 0.351 e. The van der Waals surface area contributed by atoms with Crippen LogP contribution in [0.2, 0.25) is 0 Å². The van der Waals surface area contributed by atoms with Crippen molar-refractivity contribution < 1.29 is 23.8 Å². The summed E-state index contributed by atoms with van der Waals surface area (Å²) < 4.78 is 16.1. The third-order valence-electron chi connectivity index (χ3n) is 4.99. The van der Waals surface area contributed by atoms with Crippen molar-refractivity contribution in [2.45, 2.75) is 32.3 Å². The monoisotopic (exact) mass is 412 g/mol. The van der Waals surface area contributed by atoms with Crippen LogP contribution in [0.1, 0.15) is 29.3 Å². The average molecular weight is 412 g/mol. The van der Waals surface area contributed by atoms with Crippen LogP contribution in [0.3, 0.4) is 0 Å². The molecule has 1 N–H and O–H groups in total. The van der Waals surface area contributed by atoms with Crippen molar-refractivity contribution in [2.24, 2.45) is 5.92 Å². The Morgan fingerprint density at radius 2 is 2.14 bits per heavy atom. The van der Waals surface area contributed by atoms with Crippen molar-refractivity contribution in [3.8, 4) is 17.6 Å². The molecule has 8 heteroatoms. The Bertz CT molecular complexity index is 993. The lowest BCUT2D eigenvalue weighted by Gasteiger charge is -2.24. The highest BCUT2D eigenvalue weighted by Crippen LogP contribution is 2.39. The fourth-order valence-corrected chi connectivity index (χ4v) is 4.86. The lowest BCUT2D eigenvalue weighted by Crippen LogP contribution is -2.39. The molecule has 0 spiro atoms. The number of ether oxygens (including phenoxy) is 3. The molecule has 1 aromatic carbocycles. The minimum atomic E-state index is -0.928. The second-order valence-electron chi connectivity index (χ2n) is 7.19. The topological polar surface area (TPSA) is 97.7 Å². The molecule has 150 valence electrons. The largest absolute Gasteiger partial charge is 0.485 e. The first-order chi connectivity index (χ1) is 14.0. The number of benzene rings is 1. The van der Waals surface area contributed by atoms with Crippen molar-refractivity contribution in [2.75, 3.05) is 18.5 Å². The smallest absolute Gasteiger partial charge is 0.351 e. The van der Waals surface area contributed by atoms with Crippen molar-refractivity contribution in [3.63, 3.8) is 0 Å². The van der Waals surface area contributed by atoms with Crippen molar-refractivity contribution in [1.29, 1.82) is 5.26 Å². The van der Waals surface area contributed by atoms with Gasteiger partial charge in [0.25, 0.3) is 5.91 Å². The van der Waals surface area contributed by atoms with Crippen LogP contribution >= 0.6 is 11.3 Å². The van der Waals surface area contributed by atoms with Gasteiger partial charge in [-0.3, -0.25) is 4.79 Å². The summed E-state index contributed by atoms with van der Waals surface area (Å²) in [6.45, 7) is 1.75. The van der Waals surface area contributed by atoms with E-state index in [1.807, 2.05) is 6.07 Å². The van der Waals surface area contributed by atoms with Gasteiger partial charge in [0.1, 0.15) is 17.7 Å². The number of thiophene rings is 1. The molecule has 0 fully saturated rings. The zero-order chi connectivity index (χ0) is 20.4. The number of hydrogen-bond acceptors (Lipinski definition) is 7. The standard InChI is InChI=1S/C21H20N2O5S/c1-12-6-7-13-14(9-22)20(29-18(13)8-12)23-19(24)11-27-21(25)17-10-26-15-4-2-3-5-16(15)28-17/h2-5,12,17H,6-8,10-11H2,1H3,(H,23,24). The number of fused-ring (bicyclic) bond motifs is 2. The number of anilines is 1. The first kappa shape index (κ1) is 19.3. The Hall–Kier alpha value is -3.05. The molecular formula is C21H20N2O5S. The summed E-state index contributed by atoms with van der Waals surface area (Å²) in [4.78, 5) is 25.7. The molecule has 0 radical (unpaired) electrons. The minimum Gasteiger partial charge on any atom is -0.485 e. The number of nitrogens with zero attached hydrogens (tertiary/aromatic N) is 1. The van der Waals surface area contributed by atoms with Gasteiger partial charge in [-0.25, -0.2) is 4.79 Å². The summed E-state index contributed by atoms with van der Waals surface area (Å²) in [7, 11) is 0. The van der Waals surface area contributed by atoms with E-state index >= 15 is 0 Å². The Labute approximate surface area is 172 Å². The van der Waals surface area contributed by atoms with Gasteiger partial charge in [0.05, 0.1) is 5.56 Å². The normalized spacial score (nSPS) is 19.6. The molecule has 1 aromatic heterocycles. The van der Waals surface area contributed by atoms with Gasteiger partial charge >= 0.3 is 5.97 Å². The second kappa shape index (κ2) is 8.13. The van der Waals surface area contributed by atoms with Gasteiger partial charge in [0.2, 0.25) is 6.10 Å². The van der Waals surface area contributed by atoms with Gasteiger partial charge in [0.15, 0.2) is 18.1 Å². The van der Waals surface area contributed by atoms with E-state index in [9.17, 15) is 14.9 Å². The first-order valence-electron chi connectivity index (χ1n) is 9.44. The van der Waals surface area contributed by atoms with Crippen LogP contribution in [-0.4, -0.2) is 31.2 Å². The van der Waals surface area contributed by atoms with Gasteiger partial charge in [-0.05, 0) is 42.9 Å². The van der Waals surface area contributed by atoms with E-state index in [0.717, 1.165) is 29.7 Å². The Morgan fingerprint density at radius 3 is 2.93 bits per heavy atom. The molecule has 2 heterocycles. The molecule has 1 amide bonds. The number of esters is 1. The number of nitrogens with one attached hydrogen (secondary N) is 1. The average Bonchev–Trinajstić information content (AvgIpc) is 3.07. The van der Waals surface area contributed by atoms with Gasteiger partial charge in [-0.1, -0.05) is 19.1 Å². The SMILES string of the molecule is CC1CCc2c(sc(NC(=O)COC(=O)C3COc4ccccc4O3)c2C#N)C1. The van der Waals surface area contributed by atoms with Gasteiger partial charge < -0.3 is 19.5 Å². The lowest BCUT2D eigenvalue weighted by atomic mass is 9.89. The predicted octanol–water partition coefficient (Wildman–Crippen LogP) is 3.07. The van der Waals surface area contributed by atoms with Crippen molar-refractivity contribution in [3.05, 3.63) is 40.3 Å². The Kier molecular flexibility index (Phi) is 5.41. The number of nitriles is 1. The fourth-order valence-electron chi connectivity index (χ4n) is 3.49. The van der Waals surface area contributed by atoms with Gasteiger partial charge in [-0.15, -0.1) is 11.3 Å². The number of rotatable bonds is 4. The molecule has 7 nitrogen and oxygen atoms in total. The third-order valence-corrected chi connectivity index (χ3v) is 6.16. The van der Waals surface area contributed by atoms with E-state index in [1.165, 1.54) is 11.3 Å². The lowest BCUT2D eigenvalue weighted by molar-refractivity contribution is -0.156. The summed E-state index contributed by atoms with van der Waals surface area (Å²) in [6, 6.07) is 9.23. The third kappa shape index (κ3) is 4.05. The van der Waals surface area contributed by atoms with Crippen LogP contribution < -0.4 is 14.8 Å². The quantitative estimate of drug-likeness (QED) is 0.775. The second-order valence-corrected chi connectivity index (χ2v) is 8.29. The molecule has 2 unspecified atom stereocenters. The van der Waals surface area contributed by atoms with Gasteiger partial charge in [0, 0.05) is 4.88 Å². The summed E-state index contributed by atoms with van der Waals surface area (Å²) in [6.07, 6.45) is 1.87. The Balaban J connectivity index is 1.34. The van der Waals surface area contributed by atoms with Crippen molar-refractivity contribution in [1.82, 2.24) is 0 Å². The molecule has 29 heavy (non-hydrogen) atoms. The van der Waals surface area contributed by atoms with Crippen LogP contribution in [0.5, 0.6) is 11.5 Å². The van der Waals surface area contributed by atoms with E-state index in [4.69, 9.17) is 14.2 Å². The maximum absolute atomic E-state index is 12.3. The van der Waals surface area contributed by atoms with Crippen LogP contribution in [0.4, 0.5) is 5.00 Å². The van der Waals surface area contributed by atoms with E-state index < -0.39 is 24.6 Å².